The molecule has 0 amide bonds. The molecule has 2 aromatic carbocycles. The molecule has 11 heteroatoms. The number of benzene rings is 2. The maximum atomic E-state index is 13.0. The van der Waals surface area contributed by atoms with E-state index < -0.39 is 60.0 Å². The second kappa shape index (κ2) is 7.55. The van der Waals surface area contributed by atoms with Crippen LogP contribution in [0.15, 0.2) is 27.4 Å². The lowest BCUT2D eigenvalue weighted by molar-refractivity contribution is -0.277. The van der Waals surface area contributed by atoms with Crippen LogP contribution in [0.3, 0.4) is 0 Å². The molecule has 0 unspecified atom stereocenters. The fourth-order valence-electron chi connectivity index (χ4n) is 3.62. The van der Waals surface area contributed by atoms with Crippen LogP contribution in [0.5, 0.6) is 23.0 Å². The Morgan fingerprint density at radius 2 is 1.58 bits per heavy atom. The molecular weight excluding hydrogens is 416 g/mol. The van der Waals surface area contributed by atoms with Crippen LogP contribution in [0.2, 0.25) is 0 Å². The predicted octanol–water partition coefficient (Wildman–Crippen LogP) is -0.450. The van der Waals surface area contributed by atoms with E-state index in [1.165, 1.54) is 6.92 Å². The Hall–Kier alpha value is -3.09. The molecule has 2 heterocycles. The summed E-state index contributed by atoms with van der Waals surface area (Å²) in [6, 6.07) is 3.20. The summed E-state index contributed by atoms with van der Waals surface area (Å²) in [7, 11) is 0. The standard InChI is InChI=1S/C20H20O11/c1-6-14-12(29-11-3-9(23)8(22)2-7(11)15(14)25)4-10(24)19(6)31-20-18(28)17(27)16(26)13(5-21)30-20/h2-4,13,16-18,20-24,26-28H,5H2,1H3/t13-,16-,17+,18-,20+/m1/s1. The highest BCUT2D eigenvalue weighted by Gasteiger charge is 2.45. The van der Waals surface area contributed by atoms with Gasteiger partial charge in [0.2, 0.25) is 11.7 Å². The zero-order valence-corrected chi connectivity index (χ0v) is 16.1. The number of aryl methyl sites for hydroxylation is 1. The molecule has 1 fully saturated rings. The minimum Gasteiger partial charge on any atom is -0.504 e. The van der Waals surface area contributed by atoms with Gasteiger partial charge in [0.25, 0.3) is 0 Å². The minimum absolute atomic E-state index is 0.00465. The van der Waals surface area contributed by atoms with Gasteiger partial charge in [-0.3, -0.25) is 4.79 Å². The van der Waals surface area contributed by atoms with Crippen molar-refractivity contribution in [1.82, 2.24) is 0 Å². The van der Waals surface area contributed by atoms with Crippen molar-refractivity contribution < 1.29 is 49.6 Å². The van der Waals surface area contributed by atoms with Crippen molar-refractivity contribution >= 4 is 21.9 Å². The zero-order chi connectivity index (χ0) is 22.6. The molecule has 3 aromatic rings. The molecular formula is C20H20O11. The van der Waals surface area contributed by atoms with Gasteiger partial charge in [-0.05, 0) is 13.0 Å². The third kappa shape index (κ3) is 3.32. The molecule has 1 aliphatic heterocycles. The average Bonchev–Trinajstić information content (AvgIpc) is 2.72. The van der Waals surface area contributed by atoms with Crippen LogP contribution in [0.4, 0.5) is 0 Å². The summed E-state index contributed by atoms with van der Waals surface area (Å²) in [4.78, 5) is 13.0. The first kappa shape index (κ1) is 21.2. The van der Waals surface area contributed by atoms with E-state index in [1.54, 1.807) is 0 Å². The Bertz CT molecular complexity index is 1220. The van der Waals surface area contributed by atoms with Crippen LogP contribution >= 0.6 is 0 Å². The first-order valence-corrected chi connectivity index (χ1v) is 9.26. The molecule has 7 N–H and O–H groups in total. The number of fused-ring (bicyclic) bond motifs is 2. The highest BCUT2D eigenvalue weighted by atomic mass is 16.7. The van der Waals surface area contributed by atoms with Crippen LogP contribution in [0, 0.1) is 6.92 Å². The largest absolute Gasteiger partial charge is 0.504 e. The van der Waals surface area contributed by atoms with Gasteiger partial charge in [-0.25, -0.2) is 0 Å². The second-order valence-electron chi connectivity index (χ2n) is 7.31. The van der Waals surface area contributed by atoms with Crippen molar-refractivity contribution in [3.05, 3.63) is 34.0 Å². The van der Waals surface area contributed by atoms with Crippen molar-refractivity contribution in [3.8, 4) is 23.0 Å². The fraction of sp³-hybridized carbons (Fsp3) is 0.350. The van der Waals surface area contributed by atoms with Crippen molar-refractivity contribution in [3.63, 3.8) is 0 Å². The fourth-order valence-corrected chi connectivity index (χ4v) is 3.62. The quantitative estimate of drug-likeness (QED) is 0.208. The van der Waals surface area contributed by atoms with E-state index in [-0.39, 0.29) is 33.3 Å². The number of aromatic hydroxyl groups is 3. The molecule has 0 radical (unpaired) electrons. The van der Waals surface area contributed by atoms with Crippen molar-refractivity contribution in [2.24, 2.45) is 0 Å². The van der Waals surface area contributed by atoms with Crippen LogP contribution in [-0.2, 0) is 4.74 Å². The van der Waals surface area contributed by atoms with Crippen LogP contribution in [0.25, 0.3) is 21.9 Å². The SMILES string of the molecule is Cc1c(O[C@@H]2O[C@H](CO)[C@@H](O)[C@H](O)[C@H]2O)c(O)cc2oc3cc(O)c(O)cc3c(=O)c12. The maximum Gasteiger partial charge on any atom is 0.229 e. The van der Waals surface area contributed by atoms with E-state index in [2.05, 4.69) is 0 Å². The lowest BCUT2D eigenvalue weighted by atomic mass is 9.99. The van der Waals surface area contributed by atoms with Gasteiger partial charge in [0, 0.05) is 17.7 Å². The normalized spacial score (nSPS) is 26.4. The number of phenols is 3. The summed E-state index contributed by atoms with van der Waals surface area (Å²) < 4.78 is 16.4. The number of hydrogen-bond acceptors (Lipinski definition) is 11. The van der Waals surface area contributed by atoms with E-state index in [0.29, 0.717) is 0 Å². The summed E-state index contributed by atoms with van der Waals surface area (Å²) in [6.45, 7) is 0.768. The van der Waals surface area contributed by atoms with Gasteiger partial charge < -0.3 is 49.6 Å². The third-order valence-corrected chi connectivity index (χ3v) is 5.31. The van der Waals surface area contributed by atoms with Crippen LogP contribution in [-0.4, -0.2) is 73.1 Å². The third-order valence-electron chi connectivity index (χ3n) is 5.31. The summed E-state index contributed by atoms with van der Waals surface area (Å²) >= 11 is 0. The number of rotatable bonds is 3. The lowest BCUT2D eigenvalue weighted by Crippen LogP contribution is -2.60. The molecule has 4 rings (SSSR count). The van der Waals surface area contributed by atoms with Gasteiger partial charge in [0.05, 0.1) is 17.4 Å². The van der Waals surface area contributed by atoms with Crippen LogP contribution in [0.1, 0.15) is 5.56 Å². The van der Waals surface area contributed by atoms with E-state index in [0.717, 1.165) is 18.2 Å². The average molecular weight is 436 g/mol. The Balaban J connectivity index is 1.84. The molecule has 166 valence electrons. The Kier molecular flexibility index (Phi) is 5.15. The van der Waals surface area contributed by atoms with Gasteiger partial charge in [-0.2, -0.15) is 0 Å². The van der Waals surface area contributed by atoms with Gasteiger partial charge >= 0.3 is 0 Å². The number of aliphatic hydroxyl groups excluding tert-OH is 4. The van der Waals surface area contributed by atoms with E-state index >= 15 is 0 Å². The molecule has 1 aliphatic rings. The second-order valence-corrected chi connectivity index (χ2v) is 7.31. The Morgan fingerprint density at radius 1 is 0.935 bits per heavy atom. The monoisotopic (exact) mass is 436 g/mol. The highest BCUT2D eigenvalue weighted by Crippen LogP contribution is 2.39. The zero-order valence-electron chi connectivity index (χ0n) is 16.1. The van der Waals surface area contributed by atoms with Crippen LogP contribution < -0.4 is 10.2 Å². The molecule has 1 saturated heterocycles. The Morgan fingerprint density at radius 3 is 2.26 bits per heavy atom. The molecule has 5 atom stereocenters. The van der Waals surface area contributed by atoms with Crippen molar-refractivity contribution in [1.29, 1.82) is 0 Å². The van der Waals surface area contributed by atoms with E-state index in [4.69, 9.17) is 13.9 Å². The van der Waals surface area contributed by atoms with Crippen molar-refractivity contribution in [2.75, 3.05) is 6.61 Å². The van der Waals surface area contributed by atoms with Crippen molar-refractivity contribution in [2.45, 2.75) is 37.6 Å². The summed E-state index contributed by atoms with van der Waals surface area (Å²) in [6.07, 6.45) is -7.81. The van der Waals surface area contributed by atoms with E-state index in [9.17, 15) is 40.5 Å². The van der Waals surface area contributed by atoms with Gasteiger partial charge in [0.1, 0.15) is 35.6 Å². The molecule has 0 bridgehead atoms. The van der Waals surface area contributed by atoms with Gasteiger partial charge in [-0.1, -0.05) is 0 Å². The van der Waals surface area contributed by atoms with Gasteiger partial charge in [0.15, 0.2) is 23.0 Å². The molecule has 0 spiro atoms. The predicted molar refractivity (Wildman–Crippen MR) is 104 cm³/mol. The number of ether oxygens (including phenoxy) is 2. The molecule has 31 heavy (non-hydrogen) atoms. The first-order valence-electron chi connectivity index (χ1n) is 9.26. The molecule has 0 aliphatic carbocycles. The Labute approximate surface area is 173 Å². The lowest BCUT2D eigenvalue weighted by Gasteiger charge is -2.39. The smallest absolute Gasteiger partial charge is 0.229 e. The number of phenolic OH excluding ortho intramolecular Hbond substituents is 3. The summed E-state index contributed by atoms with van der Waals surface area (Å²) in [5.74, 6) is -1.74. The van der Waals surface area contributed by atoms with Gasteiger partial charge in [-0.15, -0.1) is 0 Å². The number of hydrogen-bond donors (Lipinski definition) is 7. The number of aliphatic hydroxyl groups is 4. The minimum atomic E-state index is -1.72. The highest BCUT2D eigenvalue weighted by molar-refractivity contribution is 5.94. The summed E-state index contributed by atoms with van der Waals surface area (Å²) in [5, 5.41) is 69.0. The maximum absolute atomic E-state index is 13.0. The first-order chi connectivity index (χ1) is 14.6. The van der Waals surface area contributed by atoms with E-state index in [1.807, 2.05) is 0 Å². The molecule has 11 nitrogen and oxygen atoms in total. The molecule has 1 aromatic heterocycles. The molecule has 0 saturated carbocycles. The summed E-state index contributed by atoms with van der Waals surface area (Å²) in [5.41, 5.74) is -0.522. The topological polar surface area (TPSA) is 190 Å².